The Morgan fingerprint density at radius 3 is 2.48 bits per heavy atom. The van der Waals surface area contributed by atoms with Crippen LogP contribution in [-0.2, 0) is 33.1 Å². The molecule has 0 aliphatic heterocycles. The fourth-order valence-corrected chi connectivity index (χ4v) is 4.81. The van der Waals surface area contributed by atoms with Gasteiger partial charge in [-0.15, -0.1) is 0 Å². The first-order chi connectivity index (χ1) is 15.7. The Morgan fingerprint density at radius 1 is 1.12 bits per heavy atom. The lowest BCUT2D eigenvalue weighted by Gasteiger charge is -2.18. The SMILES string of the molecule is CSCC[C@H](NS(=O)(=O)c1ccc(F)cc1)C(=O)NNC(=O)Cc1nc2ccccc2n1C. The van der Waals surface area contributed by atoms with Gasteiger partial charge in [0.25, 0.3) is 5.91 Å². The lowest BCUT2D eigenvalue weighted by molar-refractivity contribution is -0.129. The number of halogens is 1. The highest BCUT2D eigenvalue weighted by atomic mass is 32.2. The molecule has 3 aromatic rings. The molecule has 1 aromatic heterocycles. The van der Waals surface area contributed by atoms with Gasteiger partial charge in [0.2, 0.25) is 15.9 Å². The van der Waals surface area contributed by atoms with E-state index in [1.165, 1.54) is 11.8 Å². The van der Waals surface area contributed by atoms with Crippen LogP contribution < -0.4 is 15.6 Å². The Labute approximate surface area is 195 Å². The molecule has 33 heavy (non-hydrogen) atoms. The second kappa shape index (κ2) is 10.8. The molecular formula is C21H24FN5O4S2. The van der Waals surface area contributed by atoms with Gasteiger partial charge in [0.05, 0.1) is 22.3 Å². The number of nitrogens with one attached hydrogen (secondary N) is 3. The first-order valence-corrected chi connectivity index (χ1v) is 12.8. The van der Waals surface area contributed by atoms with Gasteiger partial charge in [-0.1, -0.05) is 12.1 Å². The number of sulfonamides is 1. The number of benzene rings is 2. The van der Waals surface area contributed by atoms with E-state index in [1.807, 2.05) is 30.5 Å². The lowest BCUT2D eigenvalue weighted by atomic mass is 10.2. The summed E-state index contributed by atoms with van der Waals surface area (Å²) in [6.45, 7) is 0. The number of thioether (sulfide) groups is 1. The standard InChI is InChI=1S/C21H24FN5O4S2/c1-27-18-6-4-3-5-16(18)23-19(27)13-20(28)24-25-21(29)17(11-12-32-2)26-33(30,31)15-9-7-14(22)8-10-15/h3-10,17,26H,11-13H2,1-2H3,(H,24,28)(H,25,29)/t17-/m0/s1. The van der Waals surface area contributed by atoms with Crippen LogP contribution in [0.1, 0.15) is 12.2 Å². The van der Waals surface area contributed by atoms with Crippen LogP contribution in [-0.4, -0.2) is 47.8 Å². The predicted molar refractivity (Wildman–Crippen MR) is 124 cm³/mol. The minimum Gasteiger partial charge on any atom is -0.331 e. The monoisotopic (exact) mass is 493 g/mol. The van der Waals surface area contributed by atoms with Gasteiger partial charge in [0, 0.05) is 7.05 Å². The molecule has 0 aliphatic rings. The Morgan fingerprint density at radius 2 is 1.82 bits per heavy atom. The summed E-state index contributed by atoms with van der Waals surface area (Å²) in [4.78, 5) is 29.2. The number of nitrogens with zero attached hydrogens (tertiary/aromatic N) is 2. The van der Waals surface area contributed by atoms with Crippen LogP contribution in [0, 0.1) is 5.82 Å². The normalized spacial score (nSPS) is 12.5. The van der Waals surface area contributed by atoms with Crippen LogP contribution in [0.2, 0.25) is 0 Å². The number of fused-ring (bicyclic) bond motifs is 1. The molecule has 0 spiro atoms. The van der Waals surface area contributed by atoms with Crippen molar-refractivity contribution in [3.8, 4) is 0 Å². The third-order valence-corrected chi connectivity index (χ3v) is 7.00. The molecule has 12 heteroatoms. The molecule has 2 amide bonds. The van der Waals surface area contributed by atoms with Crippen LogP contribution >= 0.6 is 11.8 Å². The number of carbonyl (C=O) groups excluding carboxylic acids is 2. The van der Waals surface area contributed by atoms with Crippen molar-refractivity contribution >= 4 is 44.6 Å². The van der Waals surface area contributed by atoms with Crippen LogP contribution in [0.3, 0.4) is 0 Å². The Kier molecular flexibility index (Phi) is 8.06. The zero-order valence-electron chi connectivity index (χ0n) is 18.0. The highest BCUT2D eigenvalue weighted by Gasteiger charge is 2.26. The summed E-state index contributed by atoms with van der Waals surface area (Å²) >= 11 is 1.44. The van der Waals surface area contributed by atoms with E-state index < -0.39 is 33.7 Å². The van der Waals surface area contributed by atoms with E-state index in [-0.39, 0.29) is 17.7 Å². The second-order valence-corrected chi connectivity index (χ2v) is 9.90. The number of hydrazine groups is 1. The Hall–Kier alpha value is -2.96. The van der Waals surface area contributed by atoms with Crippen molar-refractivity contribution in [1.82, 2.24) is 25.1 Å². The molecule has 176 valence electrons. The number of imidazole rings is 1. The van der Waals surface area contributed by atoms with Gasteiger partial charge in [-0.25, -0.2) is 17.8 Å². The number of hydrogen-bond acceptors (Lipinski definition) is 6. The maximum Gasteiger partial charge on any atom is 0.256 e. The number of rotatable bonds is 9. The van der Waals surface area contributed by atoms with Crippen molar-refractivity contribution in [2.45, 2.75) is 23.8 Å². The van der Waals surface area contributed by atoms with E-state index in [4.69, 9.17) is 0 Å². The van der Waals surface area contributed by atoms with Crippen molar-refractivity contribution in [2.75, 3.05) is 12.0 Å². The molecular weight excluding hydrogens is 469 g/mol. The highest BCUT2D eigenvalue weighted by Crippen LogP contribution is 2.15. The summed E-state index contributed by atoms with van der Waals surface area (Å²) in [5.74, 6) is -0.787. The van der Waals surface area contributed by atoms with Gasteiger partial charge >= 0.3 is 0 Å². The number of carbonyl (C=O) groups is 2. The minimum absolute atomic E-state index is 0.0811. The third-order valence-electron chi connectivity index (χ3n) is 4.87. The zero-order valence-corrected chi connectivity index (χ0v) is 19.7. The first kappa shape index (κ1) is 24.7. The molecule has 0 saturated heterocycles. The molecule has 9 nitrogen and oxygen atoms in total. The molecule has 2 aromatic carbocycles. The smallest absolute Gasteiger partial charge is 0.256 e. The van der Waals surface area contributed by atoms with Crippen LogP contribution in [0.25, 0.3) is 11.0 Å². The molecule has 0 fully saturated rings. The second-order valence-electron chi connectivity index (χ2n) is 7.20. The van der Waals surface area contributed by atoms with Gasteiger partial charge < -0.3 is 4.57 Å². The average molecular weight is 494 g/mol. The van der Waals surface area contributed by atoms with E-state index in [9.17, 15) is 22.4 Å². The quantitative estimate of drug-likeness (QED) is 0.389. The molecule has 1 atom stereocenters. The maximum absolute atomic E-state index is 13.1. The number of amides is 2. The zero-order chi connectivity index (χ0) is 24.0. The summed E-state index contributed by atoms with van der Waals surface area (Å²) in [6, 6.07) is 10.6. The highest BCUT2D eigenvalue weighted by molar-refractivity contribution is 7.98. The molecule has 3 N–H and O–H groups in total. The Balaban J connectivity index is 1.63. The summed E-state index contributed by atoms with van der Waals surface area (Å²) in [7, 11) is -2.28. The number of hydrogen-bond donors (Lipinski definition) is 3. The number of aryl methyl sites for hydroxylation is 1. The first-order valence-electron chi connectivity index (χ1n) is 9.97. The van der Waals surface area contributed by atoms with Crippen molar-refractivity contribution in [1.29, 1.82) is 0 Å². The van der Waals surface area contributed by atoms with Gasteiger partial charge in [0.15, 0.2) is 0 Å². The topological polar surface area (TPSA) is 122 Å². The van der Waals surface area contributed by atoms with Crippen molar-refractivity contribution in [2.24, 2.45) is 7.05 Å². The summed E-state index contributed by atoms with van der Waals surface area (Å²) < 4.78 is 42.4. The van der Waals surface area contributed by atoms with E-state index in [1.54, 1.807) is 11.6 Å². The number of para-hydroxylation sites is 2. The van der Waals surface area contributed by atoms with E-state index in [0.29, 0.717) is 11.6 Å². The fraction of sp³-hybridized carbons (Fsp3) is 0.286. The van der Waals surface area contributed by atoms with Gasteiger partial charge in [-0.2, -0.15) is 16.5 Å². The van der Waals surface area contributed by atoms with Crippen molar-refractivity contribution in [3.63, 3.8) is 0 Å². The van der Waals surface area contributed by atoms with Crippen LogP contribution in [0.4, 0.5) is 4.39 Å². The van der Waals surface area contributed by atoms with Crippen molar-refractivity contribution < 1.29 is 22.4 Å². The van der Waals surface area contributed by atoms with Crippen molar-refractivity contribution in [3.05, 3.63) is 60.2 Å². The number of aromatic nitrogens is 2. The van der Waals surface area contributed by atoms with Gasteiger partial charge in [0.1, 0.15) is 17.7 Å². The Bertz CT molecular complexity index is 1250. The molecule has 3 rings (SSSR count). The molecule has 0 saturated carbocycles. The maximum atomic E-state index is 13.1. The molecule has 0 radical (unpaired) electrons. The van der Waals surface area contributed by atoms with Gasteiger partial charge in [-0.05, 0) is 54.8 Å². The molecule has 0 bridgehead atoms. The van der Waals surface area contributed by atoms with E-state index >= 15 is 0 Å². The van der Waals surface area contributed by atoms with Gasteiger partial charge in [-0.3, -0.25) is 20.4 Å². The molecule has 1 heterocycles. The average Bonchev–Trinajstić information content (AvgIpc) is 3.10. The van der Waals surface area contributed by atoms with Crippen LogP contribution in [0.15, 0.2) is 53.4 Å². The lowest BCUT2D eigenvalue weighted by Crippen LogP contribution is -2.52. The summed E-state index contributed by atoms with van der Waals surface area (Å²) in [5.41, 5.74) is 6.21. The minimum atomic E-state index is -4.07. The fourth-order valence-electron chi connectivity index (χ4n) is 3.11. The van der Waals surface area contributed by atoms with E-state index in [0.717, 1.165) is 35.3 Å². The largest absolute Gasteiger partial charge is 0.331 e. The van der Waals surface area contributed by atoms with Crippen LogP contribution in [0.5, 0.6) is 0 Å². The summed E-state index contributed by atoms with van der Waals surface area (Å²) in [6.07, 6.45) is 1.93. The molecule has 0 unspecified atom stereocenters. The molecule has 0 aliphatic carbocycles. The van der Waals surface area contributed by atoms with E-state index in [2.05, 4.69) is 20.6 Å². The summed E-state index contributed by atoms with van der Waals surface area (Å²) in [5, 5.41) is 0. The predicted octanol–water partition coefficient (Wildman–Crippen LogP) is 1.50. The third kappa shape index (κ3) is 6.30.